The Kier molecular flexibility index (Phi) is 2.41. The van der Waals surface area contributed by atoms with Gasteiger partial charge in [-0.25, -0.2) is 13.6 Å². The summed E-state index contributed by atoms with van der Waals surface area (Å²) < 4.78 is 26.0. The molecule has 1 saturated heterocycles. The summed E-state index contributed by atoms with van der Waals surface area (Å²) in [5.41, 5.74) is -1.12. The molecule has 72 valence electrons. The second-order valence-electron chi connectivity index (χ2n) is 3.04. The van der Waals surface area contributed by atoms with Crippen molar-refractivity contribution in [3.63, 3.8) is 0 Å². The fourth-order valence-corrected chi connectivity index (χ4v) is 2.19. The van der Waals surface area contributed by atoms with Crippen molar-refractivity contribution >= 4 is 10.0 Å². The quantitative estimate of drug-likeness (QED) is 0.437. The molecule has 0 bridgehead atoms. The first kappa shape index (κ1) is 9.87. The van der Waals surface area contributed by atoms with Crippen molar-refractivity contribution in [2.75, 3.05) is 19.0 Å². The minimum Gasteiger partial charge on any atom is -0.380 e. The number of hydrogen-bond acceptors (Lipinski definition) is 5. The van der Waals surface area contributed by atoms with E-state index in [1.807, 2.05) is 0 Å². The highest BCUT2D eigenvalue weighted by Crippen LogP contribution is 2.31. The minimum atomic E-state index is -3.69. The van der Waals surface area contributed by atoms with Crippen molar-refractivity contribution in [2.24, 2.45) is 10.6 Å². The van der Waals surface area contributed by atoms with Crippen LogP contribution in [0.25, 0.3) is 0 Å². The van der Waals surface area contributed by atoms with Crippen LogP contribution in [-0.4, -0.2) is 43.9 Å². The van der Waals surface area contributed by atoms with E-state index in [-0.39, 0.29) is 13.2 Å². The highest BCUT2D eigenvalue weighted by atomic mass is 32.2. The van der Waals surface area contributed by atoms with Gasteiger partial charge in [-0.1, -0.05) is 0 Å². The lowest BCUT2D eigenvalue weighted by Gasteiger charge is -2.41. The van der Waals surface area contributed by atoms with Crippen molar-refractivity contribution in [1.29, 1.82) is 0 Å². The predicted molar refractivity (Wildman–Crippen MR) is 39.5 cm³/mol. The first-order chi connectivity index (χ1) is 5.36. The maximum Gasteiger partial charge on any atom is 0.210 e. The molecule has 1 heterocycles. The van der Waals surface area contributed by atoms with E-state index in [4.69, 9.17) is 20.1 Å². The number of ether oxygens (including phenoxy) is 1. The molecule has 0 aromatic rings. The van der Waals surface area contributed by atoms with Crippen molar-refractivity contribution < 1.29 is 23.4 Å². The zero-order valence-corrected chi connectivity index (χ0v) is 7.12. The van der Waals surface area contributed by atoms with E-state index in [0.29, 0.717) is 0 Å². The summed E-state index contributed by atoms with van der Waals surface area (Å²) in [4.78, 5) is 0. The van der Waals surface area contributed by atoms with E-state index in [9.17, 15) is 8.42 Å². The smallest absolute Gasteiger partial charge is 0.210 e. The van der Waals surface area contributed by atoms with Crippen LogP contribution in [0.1, 0.15) is 0 Å². The van der Waals surface area contributed by atoms with Crippen LogP contribution in [-0.2, 0) is 14.8 Å². The number of hydrogen-bond donors (Lipinski definition) is 3. The SMILES string of the molecule is NS(=O)(=O)CC1(C(O)O)COC1. The lowest BCUT2D eigenvalue weighted by molar-refractivity contribution is -0.229. The molecule has 0 aliphatic carbocycles. The highest BCUT2D eigenvalue weighted by molar-refractivity contribution is 7.89. The molecular weight excluding hydrogens is 186 g/mol. The van der Waals surface area contributed by atoms with Crippen LogP contribution >= 0.6 is 0 Å². The van der Waals surface area contributed by atoms with E-state index in [2.05, 4.69) is 0 Å². The van der Waals surface area contributed by atoms with E-state index in [1.165, 1.54) is 0 Å². The van der Waals surface area contributed by atoms with Gasteiger partial charge < -0.3 is 14.9 Å². The zero-order chi connectivity index (χ0) is 9.41. The van der Waals surface area contributed by atoms with Gasteiger partial charge in [0.25, 0.3) is 0 Å². The van der Waals surface area contributed by atoms with Gasteiger partial charge in [0, 0.05) is 0 Å². The average Bonchev–Trinajstić information content (AvgIpc) is 1.75. The lowest BCUT2D eigenvalue weighted by Crippen LogP contribution is -2.56. The molecule has 0 spiro atoms. The molecule has 1 aliphatic heterocycles. The number of aliphatic hydroxyl groups excluding tert-OH is 1. The number of nitrogens with two attached hydrogens (primary N) is 1. The van der Waals surface area contributed by atoms with Gasteiger partial charge in [0.1, 0.15) is 0 Å². The average molecular weight is 197 g/mol. The van der Waals surface area contributed by atoms with Gasteiger partial charge >= 0.3 is 0 Å². The van der Waals surface area contributed by atoms with Gasteiger partial charge in [-0.05, 0) is 0 Å². The molecule has 0 aromatic heterocycles. The molecule has 1 fully saturated rings. The van der Waals surface area contributed by atoms with Crippen LogP contribution in [0.2, 0.25) is 0 Å². The zero-order valence-electron chi connectivity index (χ0n) is 6.30. The number of rotatable bonds is 3. The highest BCUT2D eigenvalue weighted by Gasteiger charge is 2.47. The summed E-state index contributed by atoms with van der Waals surface area (Å²) in [6.45, 7) is 0.0300. The molecule has 0 unspecified atom stereocenters. The molecule has 0 amide bonds. The van der Waals surface area contributed by atoms with Crippen LogP contribution in [0.4, 0.5) is 0 Å². The molecule has 12 heavy (non-hydrogen) atoms. The molecule has 4 N–H and O–H groups in total. The predicted octanol–water partition coefficient (Wildman–Crippen LogP) is -2.40. The summed E-state index contributed by atoms with van der Waals surface area (Å²) in [6.07, 6.45) is -1.70. The normalized spacial score (nSPS) is 22.3. The van der Waals surface area contributed by atoms with Crippen molar-refractivity contribution in [2.45, 2.75) is 6.29 Å². The molecule has 6 nitrogen and oxygen atoms in total. The van der Waals surface area contributed by atoms with Crippen LogP contribution in [0.5, 0.6) is 0 Å². The van der Waals surface area contributed by atoms with Crippen LogP contribution < -0.4 is 5.14 Å². The standard InChI is InChI=1S/C5H11NO5S/c6-12(9,10)3-5(4(7)8)1-11-2-5/h4,7-8H,1-3H2,(H2,6,9,10). The van der Waals surface area contributed by atoms with Gasteiger partial charge in [-0.2, -0.15) is 0 Å². The van der Waals surface area contributed by atoms with Crippen molar-refractivity contribution in [1.82, 2.24) is 0 Å². The van der Waals surface area contributed by atoms with Crippen LogP contribution in [0.3, 0.4) is 0 Å². The summed E-state index contributed by atoms with van der Waals surface area (Å²) in [5, 5.41) is 22.4. The Balaban J connectivity index is 2.70. The molecule has 7 heteroatoms. The van der Waals surface area contributed by atoms with Gasteiger partial charge in [0.15, 0.2) is 6.29 Å². The Morgan fingerprint density at radius 1 is 1.50 bits per heavy atom. The number of primary sulfonamides is 1. The van der Waals surface area contributed by atoms with Gasteiger partial charge in [-0.3, -0.25) is 0 Å². The molecule has 0 saturated carbocycles. The van der Waals surface area contributed by atoms with E-state index >= 15 is 0 Å². The van der Waals surface area contributed by atoms with Crippen LogP contribution in [0, 0.1) is 5.41 Å². The van der Waals surface area contributed by atoms with Gasteiger partial charge in [0.2, 0.25) is 10.0 Å². The van der Waals surface area contributed by atoms with E-state index < -0.39 is 27.5 Å². The van der Waals surface area contributed by atoms with Crippen molar-refractivity contribution in [3.8, 4) is 0 Å². The third-order valence-electron chi connectivity index (χ3n) is 1.82. The van der Waals surface area contributed by atoms with Crippen LogP contribution in [0.15, 0.2) is 0 Å². The Bertz CT molecular complexity index is 255. The van der Waals surface area contributed by atoms with E-state index in [1.54, 1.807) is 0 Å². The second kappa shape index (κ2) is 2.93. The maximum atomic E-state index is 10.6. The Morgan fingerprint density at radius 2 is 2.00 bits per heavy atom. The fraction of sp³-hybridized carbons (Fsp3) is 1.00. The fourth-order valence-electron chi connectivity index (χ4n) is 1.07. The largest absolute Gasteiger partial charge is 0.380 e. The molecule has 1 aliphatic rings. The summed E-state index contributed by atoms with van der Waals surface area (Å²) >= 11 is 0. The molecule has 1 rings (SSSR count). The molecule has 0 radical (unpaired) electrons. The maximum absolute atomic E-state index is 10.6. The first-order valence-electron chi connectivity index (χ1n) is 3.30. The second-order valence-corrected chi connectivity index (χ2v) is 4.65. The topological polar surface area (TPSA) is 110 Å². The van der Waals surface area contributed by atoms with Crippen molar-refractivity contribution in [3.05, 3.63) is 0 Å². The van der Waals surface area contributed by atoms with E-state index in [0.717, 1.165) is 0 Å². The molecule has 0 aromatic carbocycles. The summed E-state index contributed by atoms with van der Waals surface area (Å²) in [7, 11) is -3.69. The lowest BCUT2D eigenvalue weighted by atomic mass is 9.88. The Hall–Kier alpha value is -0.210. The van der Waals surface area contributed by atoms with Gasteiger partial charge in [0.05, 0.1) is 24.4 Å². The summed E-state index contributed by atoms with van der Waals surface area (Å²) in [5.74, 6) is -0.461. The monoisotopic (exact) mass is 197 g/mol. The third-order valence-corrected chi connectivity index (χ3v) is 2.79. The third kappa shape index (κ3) is 1.93. The Labute approximate surface area is 70.0 Å². The summed E-state index contributed by atoms with van der Waals surface area (Å²) in [6, 6.07) is 0. The Morgan fingerprint density at radius 3 is 2.08 bits per heavy atom. The minimum absolute atomic E-state index is 0.0150. The number of aliphatic hydroxyl groups is 2. The first-order valence-corrected chi connectivity index (χ1v) is 5.02. The molecular formula is C5H11NO5S. The van der Waals surface area contributed by atoms with Gasteiger partial charge in [-0.15, -0.1) is 0 Å². The number of sulfonamides is 1. The molecule has 0 atom stereocenters.